The van der Waals surface area contributed by atoms with E-state index in [9.17, 15) is 19.0 Å². The molecule has 0 saturated heterocycles. The van der Waals surface area contributed by atoms with Crippen molar-refractivity contribution in [1.29, 1.82) is 0 Å². The Labute approximate surface area is 295 Å². The highest BCUT2D eigenvalue weighted by Crippen LogP contribution is 2.38. The number of nitrogens with zero attached hydrogens (tertiary/aromatic N) is 1. The van der Waals surface area contributed by atoms with Crippen molar-refractivity contribution in [3.63, 3.8) is 0 Å². The van der Waals surface area contributed by atoms with Crippen molar-refractivity contribution < 1.29 is 42.1 Å². The lowest BCUT2D eigenvalue weighted by Crippen LogP contribution is -2.37. The normalized spacial score (nSPS) is 13.7. The summed E-state index contributed by atoms with van der Waals surface area (Å²) in [6, 6.07) is 0. The third-order valence-electron chi connectivity index (χ3n) is 8.63. The van der Waals surface area contributed by atoms with Gasteiger partial charge in [-0.3, -0.25) is 14.2 Å². The average Bonchev–Trinajstić information content (AvgIpc) is 3.02. The van der Waals surface area contributed by atoms with Crippen LogP contribution in [0, 0.1) is 0 Å². The van der Waals surface area contributed by atoms with E-state index in [1.54, 1.807) is 0 Å². The van der Waals surface area contributed by atoms with E-state index in [2.05, 4.69) is 13.8 Å². The second-order valence-electron chi connectivity index (χ2n) is 14.7. The summed E-state index contributed by atoms with van der Waals surface area (Å²) >= 11 is 0. The molecule has 0 aliphatic heterocycles. The topological polar surface area (TPSA) is 111 Å². The number of carbonyl (C=O) groups is 2. The Morgan fingerprint density at radius 3 is 1.33 bits per heavy atom. The molecule has 0 bridgehead atoms. The number of likely N-dealkylation sites (N-methyl/N-ethyl adjacent to an activating group) is 1. The zero-order valence-corrected chi connectivity index (χ0v) is 32.8. The fourth-order valence-electron chi connectivity index (χ4n) is 5.48. The highest BCUT2D eigenvalue weighted by Gasteiger charge is 2.21. The highest BCUT2D eigenvalue weighted by atomic mass is 31.2. The van der Waals surface area contributed by atoms with Crippen LogP contribution in [0.3, 0.4) is 0 Å². The van der Waals surface area contributed by atoms with Crippen LogP contribution >= 0.6 is 7.82 Å². The van der Waals surface area contributed by atoms with E-state index in [0.717, 1.165) is 32.1 Å². The second-order valence-corrected chi connectivity index (χ2v) is 16.1. The summed E-state index contributed by atoms with van der Waals surface area (Å²) in [5.74, 6) is -0.828. The van der Waals surface area contributed by atoms with E-state index in [0.29, 0.717) is 17.4 Å². The first kappa shape index (κ1) is 47.0. The predicted molar refractivity (Wildman–Crippen MR) is 195 cm³/mol. The van der Waals surface area contributed by atoms with Gasteiger partial charge in [0.05, 0.1) is 27.7 Å². The Bertz CT molecular complexity index is 804. The van der Waals surface area contributed by atoms with Crippen molar-refractivity contribution in [3.05, 3.63) is 0 Å². The quantitative estimate of drug-likeness (QED) is 0.0274. The van der Waals surface area contributed by atoms with E-state index >= 15 is 0 Å². The van der Waals surface area contributed by atoms with Crippen LogP contribution in [0.1, 0.15) is 181 Å². The molecule has 0 aliphatic rings. The molecule has 0 rings (SSSR count). The van der Waals surface area contributed by atoms with Crippen molar-refractivity contribution in [2.45, 2.75) is 187 Å². The number of phosphoric ester groups is 1. The Hall–Kier alpha value is -0.990. The molecule has 0 radical (unpaired) electrons. The van der Waals surface area contributed by atoms with Crippen molar-refractivity contribution in [2.24, 2.45) is 0 Å². The number of carbonyl (C=O) groups excluding carboxylic acids is 2. The smallest absolute Gasteiger partial charge is 0.306 e. The lowest BCUT2D eigenvalue weighted by Gasteiger charge is -2.28. The molecule has 0 aromatic rings. The van der Waals surface area contributed by atoms with Gasteiger partial charge in [0, 0.05) is 12.8 Å². The minimum atomic E-state index is -4.61. The Morgan fingerprint density at radius 1 is 0.562 bits per heavy atom. The number of quaternary nitrogens is 1. The standard InChI is InChI=1S/C38H76NO8P/c1-6-8-10-12-14-16-17-18-19-20-21-23-25-27-29-31-38(41)47-36(35-46-48(42,43)45-33-32-39(3,4)5)34-44-37(40)30-28-26-24-22-15-13-11-9-7-2/h36H,6-35H2,1-5H3/t36-/m1/s1. The largest absolute Gasteiger partial charge is 0.756 e. The summed E-state index contributed by atoms with van der Waals surface area (Å²) in [7, 11) is 1.18. The van der Waals surface area contributed by atoms with Crippen LogP contribution < -0.4 is 4.89 Å². The number of unbranched alkanes of at least 4 members (excludes halogenated alkanes) is 22. The molecule has 9 nitrogen and oxygen atoms in total. The van der Waals surface area contributed by atoms with Gasteiger partial charge in [0.2, 0.25) is 0 Å². The van der Waals surface area contributed by atoms with E-state index in [1.807, 2.05) is 21.1 Å². The molecular weight excluding hydrogens is 629 g/mol. The second kappa shape index (κ2) is 32.0. The molecule has 10 heteroatoms. The van der Waals surface area contributed by atoms with Gasteiger partial charge < -0.3 is 27.9 Å². The number of esters is 2. The summed E-state index contributed by atoms with van der Waals surface area (Å²) < 4.78 is 33.7. The molecule has 0 amide bonds. The van der Waals surface area contributed by atoms with Crippen LogP contribution in [-0.4, -0.2) is 70.0 Å². The Morgan fingerprint density at radius 2 is 0.938 bits per heavy atom. The van der Waals surface area contributed by atoms with Crippen LogP contribution in [0.4, 0.5) is 0 Å². The zero-order chi connectivity index (χ0) is 35.8. The summed E-state index contributed by atoms with van der Waals surface area (Å²) in [6.45, 7) is 4.21. The fourth-order valence-corrected chi connectivity index (χ4v) is 6.21. The number of hydrogen-bond donors (Lipinski definition) is 0. The summed E-state index contributed by atoms with van der Waals surface area (Å²) in [5, 5.41) is 0. The molecule has 0 aromatic heterocycles. The van der Waals surface area contributed by atoms with Crippen molar-refractivity contribution in [2.75, 3.05) is 47.5 Å². The lowest BCUT2D eigenvalue weighted by atomic mass is 10.0. The van der Waals surface area contributed by atoms with Crippen LogP contribution in [0.2, 0.25) is 0 Å². The molecule has 0 aromatic carbocycles. The van der Waals surface area contributed by atoms with Gasteiger partial charge in [-0.2, -0.15) is 0 Å². The highest BCUT2D eigenvalue weighted by molar-refractivity contribution is 7.45. The van der Waals surface area contributed by atoms with Gasteiger partial charge in [-0.25, -0.2) is 0 Å². The summed E-state index contributed by atoms with van der Waals surface area (Å²) in [6.07, 6.45) is 28.4. The van der Waals surface area contributed by atoms with Crippen LogP contribution in [0.15, 0.2) is 0 Å². The Balaban J connectivity index is 4.36. The average molecular weight is 706 g/mol. The number of ether oxygens (including phenoxy) is 2. The first-order valence-corrected chi connectivity index (χ1v) is 21.2. The molecule has 286 valence electrons. The molecule has 0 heterocycles. The number of phosphoric acid groups is 1. The molecule has 0 spiro atoms. The van der Waals surface area contributed by atoms with Gasteiger partial charge in [0.15, 0.2) is 6.10 Å². The van der Waals surface area contributed by atoms with E-state index in [-0.39, 0.29) is 32.0 Å². The van der Waals surface area contributed by atoms with Gasteiger partial charge >= 0.3 is 11.9 Å². The van der Waals surface area contributed by atoms with Gasteiger partial charge in [-0.15, -0.1) is 0 Å². The maximum Gasteiger partial charge on any atom is 0.306 e. The lowest BCUT2D eigenvalue weighted by molar-refractivity contribution is -0.870. The summed E-state index contributed by atoms with van der Waals surface area (Å²) in [4.78, 5) is 37.3. The third kappa shape index (κ3) is 34.9. The maximum absolute atomic E-state index is 12.6. The van der Waals surface area contributed by atoms with Gasteiger partial charge in [-0.05, 0) is 12.8 Å². The predicted octanol–water partition coefficient (Wildman–Crippen LogP) is 9.83. The molecule has 48 heavy (non-hydrogen) atoms. The minimum Gasteiger partial charge on any atom is -0.756 e. The van der Waals surface area contributed by atoms with Crippen molar-refractivity contribution in [1.82, 2.24) is 0 Å². The van der Waals surface area contributed by atoms with E-state index in [4.69, 9.17) is 18.5 Å². The molecule has 0 fully saturated rings. The molecule has 0 N–H and O–H groups in total. The van der Waals surface area contributed by atoms with Crippen LogP contribution in [0.25, 0.3) is 0 Å². The molecule has 0 saturated carbocycles. The van der Waals surface area contributed by atoms with E-state index < -0.39 is 26.5 Å². The third-order valence-corrected chi connectivity index (χ3v) is 9.59. The molecular formula is C38H76NO8P. The van der Waals surface area contributed by atoms with Crippen LogP contribution in [0.5, 0.6) is 0 Å². The fraction of sp³-hybridized carbons (Fsp3) is 0.947. The SMILES string of the molecule is CCCCCCCCCCCCCCCCCC(=O)O[C@H](COC(=O)CCCCCCCCCCC)COP(=O)([O-])OCC[N+](C)(C)C. The van der Waals surface area contributed by atoms with Crippen molar-refractivity contribution in [3.8, 4) is 0 Å². The maximum atomic E-state index is 12.6. The first-order chi connectivity index (χ1) is 23.0. The minimum absolute atomic E-state index is 0.0261. The van der Waals surface area contributed by atoms with Gasteiger partial charge in [0.1, 0.15) is 19.8 Å². The summed E-state index contributed by atoms with van der Waals surface area (Å²) in [5.41, 5.74) is 0. The first-order valence-electron chi connectivity index (χ1n) is 19.7. The van der Waals surface area contributed by atoms with Crippen molar-refractivity contribution >= 4 is 19.8 Å². The molecule has 0 aliphatic carbocycles. The zero-order valence-electron chi connectivity index (χ0n) is 32.0. The molecule has 1 unspecified atom stereocenters. The van der Waals surface area contributed by atoms with Crippen LogP contribution in [-0.2, 0) is 32.7 Å². The number of rotatable bonds is 36. The van der Waals surface area contributed by atoms with E-state index in [1.165, 1.54) is 116 Å². The Kier molecular flexibility index (Phi) is 31.3. The monoisotopic (exact) mass is 706 g/mol. The van der Waals surface area contributed by atoms with Gasteiger partial charge in [-0.1, -0.05) is 155 Å². The van der Waals surface area contributed by atoms with Gasteiger partial charge in [0.25, 0.3) is 7.82 Å². The molecule has 2 atom stereocenters. The number of hydrogen-bond acceptors (Lipinski definition) is 8.